The number of rotatable bonds is 7. The third-order valence-electron chi connectivity index (χ3n) is 8.70. The van der Waals surface area contributed by atoms with Crippen LogP contribution >= 0.6 is 0 Å². The van der Waals surface area contributed by atoms with Crippen molar-refractivity contribution in [1.29, 1.82) is 0 Å². The van der Waals surface area contributed by atoms with E-state index < -0.39 is 0 Å². The van der Waals surface area contributed by atoms with Crippen LogP contribution in [-0.4, -0.2) is 94.6 Å². The zero-order chi connectivity index (χ0) is 28.4. The summed E-state index contributed by atoms with van der Waals surface area (Å²) in [5, 5.41) is 4.06. The number of hydrogen-bond acceptors (Lipinski definition) is 6. The van der Waals surface area contributed by atoms with Crippen molar-refractivity contribution >= 4 is 28.8 Å². The van der Waals surface area contributed by atoms with Gasteiger partial charge in [0.15, 0.2) is 0 Å². The second kappa shape index (κ2) is 12.0. The summed E-state index contributed by atoms with van der Waals surface area (Å²) in [6.07, 6.45) is 4.34. The predicted octanol–water partition coefficient (Wildman–Crippen LogP) is 3.00. The Hall–Kier alpha value is -3.40. The van der Waals surface area contributed by atoms with Gasteiger partial charge in [-0.2, -0.15) is 0 Å². The molecule has 0 radical (unpaired) electrons. The fourth-order valence-electron chi connectivity index (χ4n) is 6.68. The van der Waals surface area contributed by atoms with E-state index in [1.165, 1.54) is 0 Å². The van der Waals surface area contributed by atoms with Gasteiger partial charge in [-0.15, -0.1) is 0 Å². The number of piperazine rings is 1. The fourth-order valence-corrected chi connectivity index (χ4v) is 6.68. The summed E-state index contributed by atoms with van der Waals surface area (Å²) in [5.41, 5.74) is 0.792. The van der Waals surface area contributed by atoms with Gasteiger partial charge in [0.2, 0.25) is 5.91 Å². The van der Waals surface area contributed by atoms with E-state index in [2.05, 4.69) is 10.2 Å². The summed E-state index contributed by atoms with van der Waals surface area (Å²) in [6, 6.07) is 10.1. The van der Waals surface area contributed by atoms with E-state index >= 15 is 0 Å². The van der Waals surface area contributed by atoms with Crippen LogP contribution in [0.3, 0.4) is 0 Å². The van der Waals surface area contributed by atoms with Crippen LogP contribution in [0, 0.1) is 0 Å². The number of ether oxygens (including phenoxy) is 1. The molecule has 3 amide bonds. The van der Waals surface area contributed by atoms with Crippen LogP contribution in [-0.2, 0) is 9.53 Å². The highest BCUT2D eigenvalue weighted by molar-refractivity contribution is 5.97. The third-order valence-corrected chi connectivity index (χ3v) is 8.70. The van der Waals surface area contributed by atoms with Crippen LogP contribution in [0.25, 0.3) is 10.9 Å². The molecule has 3 saturated heterocycles. The molecule has 10 heteroatoms. The van der Waals surface area contributed by atoms with E-state index in [1.54, 1.807) is 27.4 Å². The maximum Gasteiger partial charge on any atom is 0.409 e. The van der Waals surface area contributed by atoms with Crippen LogP contribution in [0.1, 0.15) is 69.3 Å². The van der Waals surface area contributed by atoms with Crippen LogP contribution in [0.5, 0.6) is 0 Å². The van der Waals surface area contributed by atoms with Gasteiger partial charge in [-0.25, -0.2) is 4.79 Å². The average molecular weight is 552 g/mol. The summed E-state index contributed by atoms with van der Waals surface area (Å²) in [5.74, 6) is -0.256. The Morgan fingerprint density at radius 2 is 1.65 bits per heavy atom. The predicted molar refractivity (Wildman–Crippen MR) is 152 cm³/mol. The highest BCUT2D eigenvalue weighted by Gasteiger charge is 2.41. The first-order valence-electron chi connectivity index (χ1n) is 14.6. The van der Waals surface area contributed by atoms with Gasteiger partial charge in [0.1, 0.15) is 5.56 Å². The number of benzene rings is 1. The topological polar surface area (TPSA) is 104 Å². The Morgan fingerprint density at radius 3 is 2.30 bits per heavy atom. The molecular formula is C30H41N5O5. The van der Waals surface area contributed by atoms with Crippen LogP contribution in [0.15, 0.2) is 35.1 Å². The first-order chi connectivity index (χ1) is 19.2. The maximum absolute atomic E-state index is 13.3. The quantitative estimate of drug-likeness (QED) is 0.531. The number of fused-ring (bicyclic) bond motifs is 3. The molecule has 2 atom stereocenters. The smallest absolute Gasteiger partial charge is 0.409 e. The largest absolute Gasteiger partial charge is 0.449 e. The minimum atomic E-state index is -0.308. The molecule has 4 heterocycles. The van der Waals surface area contributed by atoms with Crippen LogP contribution < -0.4 is 10.9 Å². The number of carbonyl (C=O) groups is 3. The summed E-state index contributed by atoms with van der Waals surface area (Å²) >= 11 is 0. The normalized spacial score (nSPS) is 23.1. The van der Waals surface area contributed by atoms with E-state index in [0.29, 0.717) is 44.9 Å². The number of aromatic nitrogens is 1. The second-order valence-electron chi connectivity index (χ2n) is 11.6. The molecule has 3 aliphatic rings. The van der Waals surface area contributed by atoms with Gasteiger partial charge >= 0.3 is 6.09 Å². The summed E-state index contributed by atoms with van der Waals surface area (Å²) in [7, 11) is 0. The molecule has 1 N–H and O–H groups in total. The minimum absolute atomic E-state index is 0.0334. The van der Waals surface area contributed by atoms with E-state index in [1.807, 2.05) is 38.1 Å². The van der Waals surface area contributed by atoms with Crippen molar-refractivity contribution < 1.29 is 19.1 Å². The lowest BCUT2D eigenvalue weighted by Crippen LogP contribution is -2.51. The molecule has 10 nitrogen and oxygen atoms in total. The van der Waals surface area contributed by atoms with Crippen molar-refractivity contribution in [1.82, 2.24) is 24.6 Å². The average Bonchev–Trinajstić information content (AvgIpc) is 3.17. The van der Waals surface area contributed by atoms with Crippen LogP contribution in [0.2, 0.25) is 0 Å². The molecule has 40 heavy (non-hydrogen) atoms. The standard InChI is InChI=1S/C30H41N5O5/c1-20(2)35-27-8-5-4-7-22(27)17-26(29(35)38)28(37)31-23-18-24-9-10-25(19-23)34(24)11-6-16-40-30(39)33-14-12-32(13-15-33)21(3)36/h4-5,7-8,17,20,23-25H,6,9-16,18-19H2,1-3H3,(H,31,37). The number of amides is 3. The van der Waals surface area contributed by atoms with Gasteiger partial charge in [-0.3, -0.25) is 19.3 Å². The Labute approximate surface area is 235 Å². The molecule has 2 unspecified atom stereocenters. The molecule has 0 aliphatic carbocycles. The van der Waals surface area contributed by atoms with Crippen LogP contribution in [0.4, 0.5) is 4.79 Å². The Bertz CT molecular complexity index is 1300. The van der Waals surface area contributed by atoms with E-state index in [9.17, 15) is 19.2 Å². The molecule has 3 fully saturated rings. The Morgan fingerprint density at radius 1 is 1.00 bits per heavy atom. The number of pyridine rings is 1. The van der Waals surface area contributed by atoms with Crippen molar-refractivity contribution in [3.05, 3.63) is 46.2 Å². The van der Waals surface area contributed by atoms with Crippen molar-refractivity contribution in [3.63, 3.8) is 0 Å². The van der Waals surface area contributed by atoms with Gasteiger partial charge in [0, 0.05) is 63.8 Å². The highest BCUT2D eigenvalue weighted by Crippen LogP contribution is 2.36. The molecule has 216 valence electrons. The lowest BCUT2D eigenvalue weighted by atomic mass is 9.96. The number of nitrogens with one attached hydrogen (secondary N) is 1. The molecule has 2 bridgehead atoms. The first kappa shape index (κ1) is 28.1. The lowest BCUT2D eigenvalue weighted by Gasteiger charge is -2.39. The molecule has 1 aromatic carbocycles. The zero-order valence-corrected chi connectivity index (χ0v) is 23.8. The highest BCUT2D eigenvalue weighted by atomic mass is 16.6. The fraction of sp³-hybridized carbons (Fsp3) is 0.600. The maximum atomic E-state index is 13.3. The van der Waals surface area contributed by atoms with Gasteiger partial charge in [-0.1, -0.05) is 18.2 Å². The third kappa shape index (κ3) is 5.87. The zero-order valence-electron chi connectivity index (χ0n) is 23.8. The van der Waals surface area contributed by atoms with E-state index in [0.717, 1.165) is 49.6 Å². The molecule has 0 spiro atoms. The number of nitrogens with zero attached hydrogens (tertiary/aromatic N) is 4. The number of piperidine rings is 1. The van der Waals surface area contributed by atoms with Crippen molar-refractivity contribution in [2.45, 2.75) is 77.0 Å². The van der Waals surface area contributed by atoms with Gasteiger partial charge < -0.3 is 24.4 Å². The molecular weight excluding hydrogens is 510 g/mol. The van der Waals surface area contributed by atoms with E-state index in [4.69, 9.17) is 4.74 Å². The van der Waals surface area contributed by atoms with Crippen molar-refractivity contribution in [3.8, 4) is 0 Å². The summed E-state index contributed by atoms with van der Waals surface area (Å²) < 4.78 is 7.22. The molecule has 3 aliphatic heterocycles. The first-order valence-corrected chi connectivity index (χ1v) is 14.6. The molecule has 0 saturated carbocycles. The number of para-hydroxylation sites is 1. The van der Waals surface area contributed by atoms with Crippen molar-refractivity contribution in [2.75, 3.05) is 39.3 Å². The summed E-state index contributed by atoms with van der Waals surface area (Å²) in [4.78, 5) is 56.4. The Kier molecular flexibility index (Phi) is 8.44. The monoisotopic (exact) mass is 551 g/mol. The number of hydrogen-bond donors (Lipinski definition) is 1. The lowest BCUT2D eigenvalue weighted by molar-refractivity contribution is -0.130. The summed E-state index contributed by atoms with van der Waals surface area (Å²) in [6.45, 7) is 8.80. The number of carbonyl (C=O) groups excluding carboxylic acids is 3. The van der Waals surface area contributed by atoms with Gasteiger partial charge in [0.05, 0.1) is 12.1 Å². The SMILES string of the molecule is CC(=O)N1CCN(C(=O)OCCCN2C3CCC2CC(NC(=O)c2cc4ccccc4n(C(C)C)c2=O)C3)CC1. The second-order valence-corrected chi connectivity index (χ2v) is 11.6. The van der Waals surface area contributed by atoms with Crippen molar-refractivity contribution in [2.24, 2.45) is 0 Å². The molecule has 5 rings (SSSR count). The molecule has 2 aromatic rings. The van der Waals surface area contributed by atoms with E-state index in [-0.39, 0.29) is 41.1 Å². The Balaban J connectivity index is 1.11. The van der Waals surface area contributed by atoms with Gasteiger partial charge in [-0.05, 0) is 63.5 Å². The van der Waals surface area contributed by atoms with Gasteiger partial charge in [0.25, 0.3) is 11.5 Å². The minimum Gasteiger partial charge on any atom is -0.449 e. The molecule has 1 aromatic heterocycles.